The first-order valence-corrected chi connectivity index (χ1v) is 8.37. The molecule has 0 amide bonds. The molecule has 4 rings (SSSR count). The van der Waals surface area contributed by atoms with E-state index in [2.05, 4.69) is 25.6 Å². The molecule has 2 heterocycles. The fraction of sp³-hybridized carbons (Fsp3) is 0. The maximum absolute atomic E-state index is 13.4. The highest BCUT2D eigenvalue weighted by atomic mass is 32.1. The van der Waals surface area contributed by atoms with E-state index in [1.807, 2.05) is 24.3 Å². The summed E-state index contributed by atoms with van der Waals surface area (Å²) in [6.07, 6.45) is 1.31. The first kappa shape index (κ1) is 16.2. The van der Waals surface area contributed by atoms with Crippen LogP contribution in [-0.4, -0.2) is 15.0 Å². The van der Waals surface area contributed by atoms with Crippen LogP contribution in [0.3, 0.4) is 0 Å². The average molecular weight is 370 g/mol. The molecule has 130 valence electrons. The predicted octanol–water partition coefficient (Wildman–Crippen LogP) is 4.43. The molecule has 0 radical (unpaired) electrons. The number of anilines is 5. The topological polar surface area (TPSA) is 88.8 Å². The number of rotatable bonds is 4. The number of para-hydroxylation sites is 1. The van der Waals surface area contributed by atoms with Crippen LogP contribution in [0.5, 0.6) is 0 Å². The molecule has 0 aliphatic carbocycles. The fourth-order valence-electron chi connectivity index (χ4n) is 2.33. The second-order valence-corrected chi connectivity index (χ2v) is 6.38. The quantitative estimate of drug-likeness (QED) is 0.492. The number of thiazole rings is 1. The lowest BCUT2D eigenvalue weighted by Gasteiger charge is -2.11. The van der Waals surface area contributed by atoms with E-state index >= 15 is 0 Å². The molecule has 6 nitrogen and oxygen atoms in total. The maximum Gasteiger partial charge on any atom is 0.189 e. The number of benzene rings is 2. The summed E-state index contributed by atoms with van der Waals surface area (Å²) in [5, 5.41) is 6.55. The van der Waals surface area contributed by atoms with Crippen LogP contribution in [-0.2, 0) is 0 Å². The third-order valence-corrected chi connectivity index (χ3v) is 4.54. The Balaban J connectivity index is 1.61. The fourth-order valence-corrected chi connectivity index (χ4v) is 3.20. The van der Waals surface area contributed by atoms with Crippen LogP contribution in [0.15, 0.2) is 48.8 Å². The Hall–Kier alpha value is -3.33. The summed E-state index contributed by atoms with van der Waals surface area (Å²) in [5.74, 6) is -1.25. The number of nitrogen functional groups attached to an aromatic ring is 1. The number of aromatic nitrogens is 3. The molecule has 0 bridgehead atoms. The van der Waals surface area contributed by atoms with Crippen molar-refractivity contribution in [1.29, 1.82) is 0 Å². The van der Waals surface area contributed by atoms with E-state index in [0.717, 1.165) is 22.3 Å². The van der Waals surface area contributed by atoms with Gasteiger partial charge in [-0.05, 0) is 24.3 Å². The Labute approximate surface area is 150 Å². The minimum atomic E-state index is -0.963. The zero-order valence-corrected chi connectivity index (χ0v) is 14.0. The van der Waals surface area contributed by atoms with Gasteiger partial charge in [-0.1, -0.05) is 23.5 Å². The van der Waals surface area contributed by atoms with Gasteiger partial charge in [-0.2, -0.15) is 0 Å². The van der Waals surface area contributed by atoms with E-state index in [4.69, 9.17) is 5.73 Å². The van der Waals surface area contributed by atoms with E-state index in [9.17, 15) is 8.78 Å². The molecular formula is C17H12F2N6S. The Morgan fingerprint density at radius 3 is 2.46 bits per heavy atom. The highest BCUT2D eigenvalue weighted by molar-refractivity contribution is 7.22. The standard InChI is InChI=1S/C17H12F2N6S/c18-10-6-5-9(7-11(10)19)23-15-14(20)16(22-8-21-15)25-17-24-12-3-1-2-4-13(12)26-17/h1-8H,20H2,(H2,21,22,23,24,25). The van der Waals surface area contributed by atoms with Crippen molar-refractivity contribution in [1.82, 2.24) is 15.0 Å². The number of halogens is 2. The molecular weight excluding hydrogens is 358 g/mol. The van der Waals surface area contributed by atoms with Crippen molar-refractivity contribution in [3.8, 4) is 0 Å². The zero-order valence-electron chi connectivity index (χ0n) is 13.2. The van der Waals surface area contributed by atoms with E-state index in [-0.39, 0.29) is 11.5 Å². The minimum Gasteiger partial charge on any atom is -0.393 e. The zero-order chi connectivity index (χ0) is 18.1. The van der Waals surface area contributed by atoms with Crippen molar-refractivity contribution in [2.75, 3.05) is 16.4 Å². The summed E-state index contributed by atoms with van der Waals surface area (Å²) in [7, 11) is 0. The van der Waals surface area contributed by atoms with Crippen molar-refractivity contribution < 1.29 is 8.78 Å². The van der Waals surface area contributed by atoms with E-state index in [1.54, 1.807) is 0 Å². The minimum absolute atomic E-state index is 0.233. The van der Waals surface area contributed by atoms with Gasteiger partial charge in [0.25, 0.3) is 0 Å². The van der Waals surface area contributed by atoms with Gasteiger partial charge < -0.3 is 16.4 Å². The average Bonchev–Trinajstić information content (AvgIpc) is 3.04. The normalized spacial score (nSPS) is 10.8. The summed E-state index contributed by atoms with van der Waals surface area (Å²) >= 11 is 1.46. The van der Waals surface area contributed by atoms with Crippen LogP contribution in [0, 0.1) is 11.6 Å². The van der Waals surface area contributed by atoms with Gasteiger partial charge in [-0.3, -0.25) is 0 Å². The highest BCUT2D eigenvalue weighted by Gasteiger charge is 2.12. The Morgan fingerprint density at radius 2 is 1.69 bits per heavy atom. The van der Waals surface area contributed by atoms with Gasteiger partial charge in [-0.15, -0.1) is 0 Å². The number of nitrogens with one attached hydrogen (secondary N) is 2. The number of hydrogen-bond donors (Lipinski definition) is 3. The summed E-state index contributed by atoms with van der Waals surface area (Å²) in [6, 6.07) is 11.2. The molecule has 2 aromatic heterocycles. The Kier molecular flexibility index (Phi) is 4.05. The van der Waals surface area contributed by atoms with Crippen molar-refractivity contribution in [3.05, 3.63) is 60.4 Å². The second kappa shape index (κ2) is 6.52. The lowest BCUT2D eigenvalue weighted by Crippen LogP contribution is -2.05. The third-order valence-electron chi connectivity index (χ3n) is 3.59. The molecule has 2 aromatic carbocycles. The molecule has 0 unspecified atom stereocenters. The number of fused-ring (bicyclic) bond motifs is 1. The monoisotopic (exact) mass is 370 g/mol. The van der Waals surface area contributed by atoms with Crippen LogP contribution < -0.4 is 16.4 Å². The van der Waals surface area contributed by atoms with Crippen LogP contribution in [0.1, 0.15) is 0 Å². The summed E-state index contributed by atoms with van der Waals surface area (Å²) < 4.78 is 27.4. The van der Waals surface area contributed by atoms with Gasteiger partial charge in [-0.25, -0.2) is 23.7 Å². The first-order chi connectivity index (χ1) is 12.6. The maximum atomic E-state index is 13.4. The first-order valence-electron chi connectivity index (χ1n) is 7.55. The van der Waals surface area contributed by atoms with Gasteiger partial charge in [0.15, 0.2) is 28.4 Å². The van der Waals surface area contributed by atoms with Crippen LogP contribution in [0.4, 0.5) is 36.9 Å². The number of nitrogens with two attached hydrogens (primary N) is 1. The SMILES string of the molecule is Nc1c(Nc2ccc(F)c(F)c2)ncnc1Nc1nc2ccccc2s1. The second-order valence-electron chi connectivity index (χ2n) is 5.35. The largest absolute Gasteiger partial charge is 0.393 e. The highest BCUT2D eigenvalue weighted by Crippen LogP contribution is 2.32. The molecule has 0 saturated carbocycles. The van der Waals surface area contributed by atoms with Crippen molar-refractivity contribution in [2.45, 2.75) is 0 Å². The van der Waals surface area contributed by atoms with Crippen molar-refractivity contribution >= 4 is 49.7 Å². The Bertz CT molecular complexity index is 1060. The molecule has 0 atom stereocenters. The Morgan fingerprint density at radius 1 is 0.923 bits per heavy atom. The third kappa shape index (κ3) is 3.11. The molecule has 0 aliphatic rings. The van der Waals surface area contributed by atoms with Gasteiger partial charge in [0, 0.05) is 11.8 Å². The molecule has 9 heteroatoms. The lowest BCUT2D eigenvalue weighted by molar-refractivity contribution is 0.509. The van der Waals surface area contributed by atoms with E-state index in [1.165, 1.54) is 23.7 Å². The van der Waals surface area contributed by atoms with Gasteiger partial charge in [0.05, 0.1) is 10.2 Å². The molecule has 4 aromatic rings. The molecule has 0 saturated heterocycles. The number of nitrogens with zero attached hydrogens (tertiary/aromatic N) is 3. The van der Waals surface area contributed by atoms with Crippen molar-refractivity contribution in [3.63, 3.8) is 0 Å². The molecule has 0 fully saturated rings. The van der Waals surface area contributed by atoms with Crippen LogP contribution in [0.25, 0.3) is 10.2 Å². The number of hydrogen-bond acceptors (Lipinski definition) is 7. The summed E-state index contributed by atoms with van der Waals surface area (Å²) in [4.78, 5) is 12.6. The molecule has 26 heavy (non-hydrogen) atoms. The molecule has 0 spiro atoms. The van der Waals surface area contributed by atoms with Crippen molar-refractivity contribution in [2.24, 2.45) is 0 Å². The summed E-state index contributed by atoms with van der Waals surface area (Å²) in [5.41, 5.74) is 7.52. The predicted molar refractivity (Wildman–Crippen MR) is 99.0 cm³/mol. The van der Waals surface area contributed by atoms with E-state index < -0.39 is 11.6 Å². The lowest BCUT2D eigenvalue weighted by atomic mass is 10.3. The smallest absolute Gasteiger partial charge is 0.189 e. The van der Waals surface area contributed by atoms with Gasteiger partial charge in [0.2, 0.25) is 0 Å². The van der Waals surface area contributed by atoms with Crippen LogP contribution in [0.2, 0.25) is 0 Å². The van der Waals surface area contributed by atoms with Gasteiger partial charge >= 0.3 is 0 Å². The molecule has 4 N–H and O–H groups in total. The summed E-state index contributed by atoms with van der Waals surface area (Å²) in [6.45, 7) is 0. The van der Waals surface area contributed by atoms with E-state index in [0.29, 0.717) is 16.6 Å². The molecule has 0 aliphatic heterocycles. The van der Waals surface area contributed by atoms with Gasteiger partial charge in [0.1, 0.15) is 12.0 Å². The van der Waals surface area contributed by atoms with Crippen LogP contribution >= 0.6 is 11.3 Å².